The first-order valence-corrected chi connectivity index (χ1v) is 30.9. The summed E-state index contributed by atoms with van der Waals surface area (Å²) in [5.41, 5.74) is 3.19. The van der Waals surface area contributed by atoms with Crippen molar-refractivity contribution in [1.29, 1.82) is 0 Å². The highest BCUT2D eigenvalue weighted by atomic mass is 16.6. The third-order valence-corrected chi connectivity index (χ3v) is 22.3. The van der Waals surface area contributed by atoms with Crippen molar-refractivity contribution in [3.63, 3.8) is 0 Å². The van der Waals surface area contributed by atoms with Crippen LogP contribution in [0, 0.1) is 28.1 Å². The minimum absolute atomic E-state index is 0.0354. The van der Waals surface area contributed by atoms with Gasteiger partial charge in [-0.15, -0.1) is 0 Å². The van der Waals surface area contributed by atoms with Gasteiger partial charge in [-0.05, 0) is 141 Å². The Balaban J connectivity index is 0.799. The van der Waals surface area contributed by atoms with Crippen molar-refractivity contribution in [3.8, 4) is 0 Å². The van der Waals surface area contributed by atoms with Crippen molar-refractivity contribution in [2.24, 2.45) is 28.1 Å². The van der Waals surface area contributed by atoms with E-state index in [0.29, 0.717) is 39.1 Å². The predicted molar refractivity (Wildman–Crippen MR) is 291 cm³/mol. The number of amides is 6. The number of ether oxygens (including phenoxy) is 3. The summed E-state index contributed by atoms with van der Waals surface area (Å²) in [6.07, 6.45) is 24.2. The normalized spacial score (nSPS) is 36.2. The van der Waals surface area contributed by atoms with Crippen LogP contribution in [-0.4, -0.2) is 179 Å². The molecule has 12 unspecified atom stereocenters. The molecule has 6 bridgehead atoms. The number of carbonyl (C=O) groups is 6. The average molecular weight is 1080 g/mol. The van der Waals surface area contributed by atoms with Crippen molar-refractivity contribution in [2.75, 3.05) is 59.1 Å². The lowest BCUT2D eigenvalue weighted by Gasteiger charge is -2.52. The zero-order valence-electron chi connectivity index (χ0n) is 47.2. The van der Waals surface area contributed by atoms with E-state index in [9.17, 15) is 24.0 Å². The van der Waals surface area contributed by atoms with Crippen molar-refractivity contribution in [2.45, 2.75) is 217 Å². The quantitative estimate of drug-likeness (QED) is 0.159. The van der Waals surface area contributed by atoms with Gasteiger partial charge in [0.1, 0.15) is 0 Å². The number of hydrogen-bond donors (Lipinski definition) is 3. The molecule has 0 aliphatic carbocycles. The maximum absolute atomic E-state index is 15.1. The number of piperidine rings is 3. The second-order valence-electron chi connectivity index (χ2n) is 25.8. The molecular formula is C60H89N9O9. The second kappa shape index (κ2) is 21.4. The molecule has 78 heavy (non-hydrogen) atoms. The third kappa shape index (κ3) is 9.29. The lowest BCUT2D eigenvalue weighted by molar-refractivity contribution is -0.125. The molecule has 0 aromatic rings. The molecule has 12 aliphatic heterocycles. The molecule has 18 nitrogen and oxygen atoms in total. The molecule has 0 aromatic carbocycles. The maximum atomic E-state index is 15.1. The fraction of sp³-hybridized carbons (Fsp3) is 0.800. The Morgan fingerprint density at radius 3 is 1.47 bits per heavy atom. The molecule has 18 heteroatoms. The summed E-state index contributed by atoms with van der Waals surface area (Å²) in [6.45, 7) is 14.0. The molecule has 9 saturated heterocycles. The second-order valence-corrected chi connectivity index (χ2v) is 25.8. The van der Waals surface area contributed by atoms with Crippen LogP contribution in [0.4, 0.5) is 14.4 Å². The first kappa shape index (κ1) is 53.5. The number of carbonyl (C=O) groups excluding carboxylic acids is 6. The molecule has 0 radical (unpaired) electrons. The van der Waals surface area contributed by atoms with Crippen LogP contribution >= 0.6 is 0 Å². The maximum Gasteiger partial charge on any atom is 0.410 e. The Labute approximate surface area is 462 Å². The lowest BCUT2D eigenvalue weighted by atomic mass is 9.59. The van der Waals surface area contributed by atoms with Crippen LogP contribution in [0.2, 0.25) is 0 Å². The summed E-state index contributed by atoms with van der Waals surface area (Å²) in [5.74, 6) is 0.307. The summed E-state index contributed by atoms with van der Waals surface area (Å²) in [5, 5.41) is 10.7. The van der Waals surface area contributed by atoms with Crippen molar-refractivity contribution >= 4 is 36.0 Å². The minimum atomic E-state index is -0.333. The molecule has 0 saturated carbocycles. The van der Waals surface area contributed by atoms with E-state index in [2.05, 4.69) is 55.8 Å². The summed E-state index contributed by atoms with van der Waals surface area (Å²) < 4.78 is 16.5. The largest absolute Gasteiger partial charge is 0.450 e. The third-order valence-electron chi connectivity index (χ3n) is 22.3. The zero-order valence-corrected chi connectivity index (χ0v) is 47.2. The molecular weight excluding hydrogens is 991 g/mol. The van der Waals surface area contributed by atoms with Gasteiger partial charge in [0.15, 0.2) is 0 Å². The monoisotopic (exact) mass is 1080 g/mol. The van der Waals surface area contributed by atoms with Crippen LogP contribution in [0.3, 0.4) is 0 Å². The summed E-state index contributed by atoms with van der Waals surface area (Å²) in [7, 11) is 0. The van der Waals surface area contributed by atoms with Gasteiger partial charge in [-0.3, -0.25) is 29.1 Å². The van der Waals surface area contributed by atoms with Crippen molar-refractivity contribution in [3.05, 3.63) is 35.3 Å². The van der Waals surface area contributed by atoms with Crippen molar-refractivity contribution < 1.29 is 43.0 Å². The van der Waals surface area contributed by atoms with Gasteiger partial charge in [-0.1, -0.05) is 13.3 Å². The van der Waals surface area contributed by atoms with Crippen LogP contribution in [0.1, 0.15) is 163 Å². The van der Waals surface area contributed by atoms with E-state index in [1.807, 2.05) is 35.5 Å². The topological polar surface area (TPSA) is 186 Å². The number of hydrogen-bond acceptors (Lipinski definition) is 12. The highest BCUT2D eigenvalue weighted by Crippen LogP contribution is 2.56. The van der Waals surface area contributed by atoms with E-state index in [4.69, 9.17) is 14.2 Å². The Morgan fingerprint density at radius 1 is 0.526 bits per heavy atom. The molecule has 3 N–H and O–H groups in total. The SMILES string of the molecule is CCCC1NC(=O)CC12CCN(C1=CC3CCC(C1)N3C(=O)OCC)CC2CCC1NC(=O)C(CC2NC(=O)CC23CCN(C2=CC4CCC(C2)N4C(=O)OCC)CC3)C12CCN(C1=CC3CCC(C1)N3C(=O)OCC)CC2. The number of rotatable bonds is 13. The van der Waals surface area contributed by atoms with Gasteiger partial charge in [0, 0.05) is 147 Å². The van der Waals surface area contributed by atoms with Crippen molar-refractivity contribution in [1.82, 2.24) is 45.3 Å². The smallest absolute Gasteiger partial charge is 0.410 e. The predicted octanol–water partition coefficient (Wildman–Crippen LogP) is 7.15. The van der Waals surface area contributed by atoms with E-state index in [0.717, 1.165) is 155 Å². The van der Waals surface area contributed by atoms with Gasteiger partial charge >= 0.3 is 18.3 Å². The number of fused-ring (bicyclic) bond motifs is 6. The molecule has 12 atom stereocenters. The first-order chi connectivity index (χ1) is 37.8. The molecule has 428 valence electrons. The first-order valence-electron chi connectivity index (χ1n) is 30.9. The molecule has 6 amide bonds. The highest BCUT2D eigenvalue weighted by molar-refractivity contribution is 5.84. The fourth-order valence-electron chi connectivity index (χ4n) is 18.5. The van der Waals surface area contributed by atoms with Crippen LogP contribution in [0.5, 0.6) is 0 Å². The van der Waals surface area contributed by atoms with E-state index < -0.39 is 0 Å². The number of likely N-dealkylation sites (tertiary alicyclic amines) is 3. The van der Waals surface area contributed by atoms with Gasteiger partial charge in [-0.2, -0.15) is 0 Å². The zero-order chi connectivity index (χ0) is 54.1. The Hall–Kier alpha value is -5.16. The molecule has 12 rings (SSSR count). The molecule has 12 heterocycles. The van der Waals surface area contributed by atoms with E-state index >= 15 is 4.79 Å². The van der Waals surface area contributed by atoms with E-state index in [1.54, 1.807) is 0 Å². The molecule has 9 fully saturated rings. The van der Waals surface area contributed by atoms with Gasteiger partial charge in [0.05, 0.1) is 37.9 Å². The van der Waals surface area contributed by atoms with Gasteiger partial charge in [-0.25, -0.2) is 14.4 Å². The standard InChI is InChI=1S/C60H89N9O9/c1-5-9-49-60(36-53(71)61-49)22-27-66(47-32-43-15-16-44(33-47)69(43)57(75)78-8-4)37-38(60)10-17-50-59(20-25-65(26-21-59)46-30-41-13-14-42(31-46)68(41)56(74)77-7-3)48(54(72)63-50)34-51-58(35-52(70)62-51)18-23-64(24-19-58)45-28-39-11-12-40(29-45)67(39)55(73)76-6-2/h28,30,32,38-44,48-51H,5-27,29,31,33-37H2,1-4H3,(H,61,71)(H,62,70)(H,63,72). The Morgan fingerprint density at radius 2 is 0.974 bits per heavy atom. The molecule has 12 aliphatic rings. The molecule has 3 spiro atoms. The summed E-state index contributed by atoms with van der Waals surface area (Å²) in [4.78, 5) is 95.2. The van der Waals surface area contributed by atoms with Gasteiger partial charge in [0.2, 0.25) is 17.7 Å². The Kier molecular flexibility index (Phi) is 14.7. The number of nitrogens with zero attached hydrogens (tertiary/aromatic N) is 6. The van der Waals surface area contributed by atoms with Crippen LogP contribution in [0.15, 0.2) is 35.3 Å². The van der Waals surface area contributed by atoms with E-state index in [-0.39, 0.29) is 118 Å². The fourth-order valence-corrected chi connectivity index (χ4v) is 18.5. The number of nitrogens with one attached hydrogen (secondary N) is 3. The molecule has 0 aromatic heterocycles. The van der Waals surface area contributed by atoms with Gasteiger partial charge in [0.25, 0.3) is 0 Å². The summed E-state index contributed by atoms with van der Waals surface area (Å²) >= 11 is 0. The Bertz CT molecular complexity index is 2450. The van der Waals surface area contributed by atoms with Crippen LogP contribution in [-0.2, 0) is 28.6 Å². The summed E-state index contributed by atoms with van der Waals surface area (Å²) in [6, 6.07) is 0.477. The van der Waals surface area contributed by atoms with Crippen LogP contribution in [0.25, 0.3) is 0 Å². The van der Waals surface area contributed by atoms with Crippen LogP contribution < -0.4 is 16.0 Å². The average Bonchev–Trinajstić information content (AvgIpc) is 4.34. The van der Waals surface area contributed by atoms with Gasteiger partial charge < -0.3 is 44.9 Å². The van der Waals surface area contributed by atoms with E-state index in [1.165, 1.54) is 17.1 Å². The lowest BCUT2D eigenvalue weighted by Crippen LogP contribution is -2.54. The highest BCUT2D eigenvalue weighted by Gasteiger charge is 2.61. The minimum Gasteiger partial charge on any atom is -0.450 e.